The van der Waals surface area contributed by atoms with Crippen LogP contribution in [0.5, 0.6) is 11.5 Å². The number of ether oxygens (including phenoxy) is 2. The Morgan fingerprint density at radius 1 is 1.04 bits per heavy atom. The topological polar surface area (TPSA) is 62.8 Å². The van der Waals surface area contributed by atoms with E-state index < -0.39 is 0 Å². The molecule has 6 nitrogen and oxygen atoms in total. The summed E-state index contributed by atoms with van der Waals surface area (Å²) in [5, 5.41) is 6.71. The molecule has 0 fully saturated rings. The molecule has 0 radical (unpaired) electrons. The zero-order valence-corrected chi connectivity index (χ0v) is 15.2. The second-order valence-electron chi connectivity index (χ2n) is 6.13. The fourth-order valence-electron chi connectivity index (χ4n) is 3.06. The predicted octanol–water partition coefficient (Wildman–Crippen LogP) is 2.36. The van der Waals surface area contributed by atoms with Crippen LogP contribution in [0.25, 0.3) is 0 Å². The van der Waals surface area contributed by atoms with E-state index >= 15 is 0 Å². The Kier molecular flexibility index (Phi) is 5.96. The third-order valence-electron chi connectivity index (χ3n) is 4.48. The average Bonchev–Trinajstić information content (AvgIpc) is 3.00. The molecule has 0 bridgehead atoms. The first kappa shape index (κ1) is 18.1. The first-order valence-electron chi connectivity index (χ1n) is 8.76. The number of hydrogen-bond acceptors (Lipinski definition) is 5. The van der Waals surface area contributed by atoms with Crippen molar-refractivity contribution in [1.29, 1.82) is 0 Å². The highest BCUT2D eigenvalue weighted by molar-refractivity contribution is 5.98. The maximum atomic E-state index is 12.5. The van der Waals surface area contributed by atoms with Crippen LogP contribution in [0.2, 0.25) is 0 Å². The molecule has 6 heteroatoms. The molecule has 2 N–H and O–H groups in total. The van der Waals surface area contributed by atoms with Crippen LogP contribution in [0.1, 0.15) is 15.9 Å². The molecule has 0 saturated heterocycles. The van der Waals surface area contributed by atoms with Crippen molar-refractivity contribution in [2.45, 2.75) is 6.54 Å². The molecule has 3 rings (SSSR count). The standard InChI is InChI=1S/C20H25N3O3/c1-25-16-8-7-15-14-23(20(24)17(15)13-16)12-11-21-9-10-22-18-5-3-4-6-19(18)26-2/h3-8,13,21-22H,9-12,14H2,1-2H3. The fraction of sp³-hybridized carbons (Fsp3) is 0.350. The van der Waals surface area contributed by atoms with Gasteiger partial charge in [0.2, 0.25) is 0 Å². The lowest BCUT2D eigenvalue weighted by molar-refractivity contribution is 0.0779. The zero-order valence-electron chi connectivity index (χ0n) is 15.2. The Hall–Kier alpha value is -2.73. The summed E-state index contributed by atoms with van der Waals surface area (Å²) in [5.41, 5.74) is 2.80. The van der Waals surface area contributed by atoms with E-state index in [0.717, 1.165) is 47.9 Å². The number of hydrogen-bond donors (Lipinski definition) is 2. The molecule has 0 atom stereocenters. The molecule has 0 unspecified atom stereocenters. The smallest absolute Gasteiger partial charge is 0.254 e. The number of fused-ring (bicyclic) bond motifs is 1. The van der Waals surface area contributed by atoms with E-state index in [1.54, 1.807) is 14.2 Å². The highest BCUT2D eigenvalue weighted by Gasteiger charge is 2.27. The lowest BCUT2D eigenvalue weighted by atomic mass is 10.1. The summed E-state index contributed by atoms with van der Waals surface area (Å²) in [6.07, 6.45) is 0. The second kappa shape index (κ2) is 8.58. The lowest BCUT2D eigenvalue weighted by Crippen LogP contribution is -2.34. The third kappa shape index (κ3) is 4.08. The second-order valence-corrected chi connectivity index (χ2v) is 6.13. The summed E-state index contributed by atoms with van der Waals surface area (Å²) in [7, 11) is 3.28. The van der Waals surface area contributed by atoms with Gasteiger partial charge in [-0.25, -0.2) is 0 Å². The van der Waals surface area contributed by atoms with Gasteiger partial charge in [-0.05, 0) is 29.8 Å². The highest BCUT2D eigenvalue weighted by atomic mass is 16.5. The molecule has 0 aliphatic carbocycles. The van der Waals surface area contributed by atoms with E-state index in [9.17, 15) is 4.79 Å². The number of methoxy groups -OCH3 is 2. The van der Waals surface area contributed by atoms with E-state index in [0.29, 0.717) is 13.1 Å². The fourth-order valence-corrected chi connectivity index (χ4v) is 3.06. The molecule has 26 heavy (non-hydrogen) atoms. The average molecular weight is 355 g/mol. The number of para-hydroxylation sites is 2. The van der Waals surface area contributed by atoms with Gasteiger partial charge in [-0.3, -0.25) is 4.79 Å². The number of rotatable bonds is 9. The van der Waals surface area contributed by atoms with Gasteiger partial charge in [-0.1, -0.05) is 18.2 Å². The van der Waals surface area contributed by atoms with Crippen molar-refractivity contribution in [3.8, 4) is 11.5 Å². The van der Waals surface area contributed by atoms with Crippen LogP contribution in [0, 0.1) is 0 Å². The molecule has 1 aliphatic heterocycles. The normalized spacial score (nSPS) is 12.8. The number of nitrogens with zero attached hydrogens (tertiary/aromatic N) is 1. The molecule has 0 aromatic heterocycles. The molecular formula is C20H25N3O3. The summed E-state index contributed by atoms with van der Waals surface area (Å²) in [6, 6.07) is 13.5. The van der Waals surface area contributed by atoms with Crippen molar-refractivity contribution >= 4 is 11.6 Å². The van der Waals surface area contributed by atoms with E-state index in [-0.39, 0.29) is 5.91 Å². The minimum Gasteiger partial charge on any atom is -0.497 e. The summed E-state index contributed by atoms with van der Waals surface area (Å²) in [4.78, 5) is 14.3. The van der Waals surface area contributed by atoms with Crippen molar-refractivity contribution in [3.63, 3.8) is 0 Å². The van der Waals surface area contributed by atoms with Crippen LogP contribution in [-0.4, -0.2) is 51.2 Å². The summed E-state index contributed by atoms with van der Waals surface area (Å²) >= 11 is 0. The van der Waals surface area contributed by atoms with Gasteiger partial charge in [0.15, 0.2) is 0 Å². The van der Waals surface area contributed by atoms with Crippen molar-refractivity contribution < 1.29 is 14.3 Å². The van der Waals surface area contributed by atoms with Crippen LogP contribution >= 0.6 is 0 Å². The largest absolute Gasteiger partial charge is 0.497 e. The number of carbonyl (C=O) groups is 1. The van der Waals surface area contributed by atoms with Gasteiger partial charge in [0.05, 0.1) is 19.9 Å². The number of benzene rings is 2. The minimum absolute atomic E-state index is 0.0767. The number of amides is 1. The molecular weight excluding hydrogens is 330 g/mol. The van der Waals surface area contributed by atoms with Gasteiger partial charge in [0.1, 0.15) is 11.5 Å². The zero-order chi connectivity index (χ0) is 18.4. The van der Waals surface area contributed by atoms with Crippen molar-refractivity contribution in [1.82, 2.24) is 10.2 Å². The van der Waals surface area contributed by atoms with Crippen molar-refractivity contribution in [2.75, 3.05) is 45.7 Å². The third-order valence-corrected chi connectivity index (χ3v) is 4.48. The maximum absolute atomic E-state index is 12.5. The van der Waals surface area contributed by atoms with Crippen LogP contribution in [-0.2, 0) is 6.54 Å². The van der Waals surface area contributed by atoms with Gasteiger partial charge in [-0.15, -0.1) is 0 Å². The van der Waals surface area contributed by atoms with Crippen LogP contribution < -0.4 is 20.1 Å². The predicted molar refractivity (Wildman–Crippen MR) is 102 cm³/mol. The molecule has 0 saturated carbocycles. The van der Waals surface area contributed by atoms with Crippen LogP contribution in [0.3, 0.4) is 0 Å². The van der Waals surface area contributed by atoms with Gasteiger partial charge < -0.3 is 25.0 Å². The van der Waals surface area contributed by atoms with E-state index in [1.165, 1.54) is 0 Å². The van der Waals surface area contributed by atoms with E-state index in [1.807, 2.05) is 47.4 Å². The summed E-state index contributed by atoms with van der Waals surface area (Å²) < 4.78 is 10.5. The van der Waals surface area contributed by atoms with Crippen LogP contribution in [0.4, 0.5) is 5.69 Å². The van der Waals surface area contributed by atoms with Gasteiger partial charge in [0.25, 0.3) is 5.91 Å². The Morgan fingerprint density at radius 3 is 2.69 bits per heavy atom. The Labute approximate surface area is 154 Å². The highest BCUT2D eigenvalue weighted by Crippen LogP contribution is 2.26. The Bertz CT molecular complexity index is 764. The number of anilines is 1. The quantitative estimate of drug-likeness (QED) is 0.676. The SMILES string of the molecule is COc1ccc2c(c1)C(=O)N(CCNCCNc1ccccc1OC)C2. The lowest BCUT2D eigenvalue weighted by Gasteiger charge is -2.16. The van der Waals surface area contributed by atoms with Gasteiger partial charge in [-0.2, -0.15) is 0 Å². The van der Waals surface area contributed by atoms with Crippen molar-refractivity contribution in [3.05, 3.63) is 53.6 Å². The molecule has 2 aromatic rings. The summed E-state index contributed by atoms with van der Waals surface area (Å²) in [6.45, 7) is 3.70. The monoisotopic (exact) mass is 355 g/mol. The van der Waals surface area contributed by atoms with Crippen LogP contribution in [0.15, 0.2) is 42.5 Å². The Morgan fingerprint density at radius 2 is 1.88 bits per heavy atom. The van der Waals surface area contributed by atoms with Gasteiger partial charge in [0, 0.05) is 38.3 Å². The first-order valence-corrected chi connectivity index (χ1v) is 8.76. The van der Waals surface area contributed by atoms with E-state index in [4.69, 9.17) is 9.47 Å². The molecule has 138 valence electrons. The molecule has 1 heterocycles. The molecule has 0 spiro atoms. The molecule has 1 aliphatic rings. The van der Waals surface area contributed by atoms with Crippen molar-refractivity contribution in [2.24, 2.45) is 0 Å². The first-order chi connectivity index (χ1) is 12.7. The minimum atomic E-state index is 0.0767. The van der Waals surface area contributed by atoms with E-state index in [2.05, 4.69) is 10.6 Å². The summed E-state index contributed by atoms with van der Waals surface area (Å²) in [5.74, 6) is 1.63. The number of carbonyl (C=O) groups excluding carboxylic acids is 1. The Balaban J connectivity index is 1.39. The number of nitrogens with one attached hydrogen (secondary N) is 2. The maximum Gasteiger partial charge on any atom is 0.254 e. The van der Waals surface area contributed by atoms with Gasteiger partial charge >= 0.3 is 0 Å². The molecule has 2 aromatic carbocycles. The molecule has 1 amide bonds.